The van der Waals surface area contributed by atoms with Crippen LogP contribution in [-0.2, 0) is 14.3 Å². The van der Waals surface area contributed by atoms with Gasteiger partial charge in [0.05, 0.1) is 4.92 Å². The maximum Gasteiger partial charge on any atom is 0.340 e. The molecular formula is C13H17NO5. The SMILES string of the molecule is COC(C(=O)OC(C)(C)C)c1cccc([N+](=O)[O-])c1. The lowest BCUT2D eigenvalue weighted by molar-refractivity contribution is -0.385. The van der Waals surface area contributed by atoms with Crippen LogP contribution in [-0.4, -0.2) is 23.6 Å². The number of methoxy groups -OCH3 is 1. The van der Waals surface area contributed by atoms with Crippen LogP contribution in [0.15, 0.2) is 24.3 Å². The number of rotatable bonds is 4. The average Bonchev–Trinajstić information content (AvgIpc) is 2.27. The quantitative estimate of drug-likeness (QED) is 0.476. The van der Waals surface area contributed by atoms with Crippen LogP contribution in [0.3, 0.4) is 0 Å². The van der Waals surface area contributed by atoms with E-state index in [2.05, 4.69) is 0 Å². The highest BCUT2D eigenvalue weighted by atomic mass is 16.6. The third-order valence-corrected chi connectivity index (χ3v) is 2.24. The minimum absolute atomic E-state index is 0.0943. The minimum Gasteiger partial charge on any atom is -0.458 e. The fraction of sp³-hybridized carbons (Fsp3) is 0.462. The molecule has 0 bridgehead atoms. The maximum atomic E-state index is 12.0. The van der Waals surface area contributed by atoms with Crippen molar-refractivity contribution in [3.8, 4) is 0 Å². The van der Waals surface area contributed by atoms with Gasteiger partial charge in [-0.3, -0.25) is 10.1 Å². The lowest BCUT2D eigenvalue weighted by atomic mass is 10.1. The molecule has 0 spiro atoms. The molecule has 0 saturated carbocycles. The molecule has 0 aliphatic rings. The van der Waals surface area contributed by atoms with E-state index >= 15 is 0 Å². The molecule has 0 heterocycles. The third-order valence-electron chi connectivity index (χ3n) is 2.24. The Morgan fingerprint density at radius 2 is 2.00 bits per heavy atom. The molecule has 104 valence electrons. The van der Waals surface area contributed by atoms with Crippen LogP contribution >= 0.6 is 0 Å². The lowest BCUT2D eigenvalue weighted by Crippen LogP contribution is -2.28. The smallest absolute Gasteiger partial charge is 0.340 e. The second-order valence-corrected chi connectivity index (χ2v) is 5.00. The Balaban J connectivity index is 3.00. The standard InChI is InChI=1S/C13H17NO5/c1-13(2,3)19-12(15)11(18-4)9-6-5-7-10(8-9)14(16)17/h5-8,11H,1-4H3. The van der Waals surface area contributed by atoms with Crippen molar-refractivity contribution < 1.29 is 19.2 Å². The van der Waals surface area contributed by atoms with E-state index < -0.39 is 22.6 Å². The summed E-state index contributed by atoms with van der Waals surface area (Å²) in [5, 5.41) is 10.7. The molecule has 0 aliphatic heterocycles. The summed E-state index contributed by atoms with van der Waals surface area (Å²) >= 11 is 0. The zero-order valence-electron chi connectivity index (χ0n) is 11.4. The van der Waals surface area contributed by atoms with Gasteiger partial charge in [-0.25, -0.2) is 4.79 Å². The third kappa shape index (κ3) is 4.33. The molecule has 0 N–H and O–H groups in total. The summed E-state index contributed by atoms with van der Waals surface area (Å²) < 4.78 is 10.3. The Kier molecular flexibility index (Phi) is 4.61. The van der Waals surface area contributed by atoms with E-state index in [1.807, 2.05) is 0 Å². The second kappa shape index (κ2) is 5.79. The van der Waals surface area contributed by atoms with E-state index in [4.69, 9.17) is 9.47 Å². The van der Waals surface area contributed by atoms with Crippen molar-refractivity contribution in [2.45, 2.75) is 32.5 Å². The van der Waals surface area contributed by atoms with Gasteiger partial charge in [-0.15, -0.1) is 0 Å². The molecule has 1 atom stereocenters. The zero-order chi connectivity index (χ0) is 14.6. The topological polar surface area (TPSA) is 78.7 Å². The molecule has 1 aromatic carbocycles. The fourth-order valence-electron chi connectivity index (χ4n) is 1.53. The number of esters is 1. The van der Waals surface area contributed by atoms with Crippen LogP contribution in [0.1, 0.15) is 32.4 Å². The van der Waals surface area contributed by atoms with Crippen LogP contribution in [0.4, 0.5) is 5.69 Å². The van der Waals surface area contributed by atoms with E-state index in [0.717, 1.165) is 0 Å². The molecule has 0 amide bonds. The summed E-state index contributed by atoms with van der Waals surface area (Å²) in [5.74, 6) is -0.574. The molecule has 6 nitrogen and oxygen atoms in total. The van der Waals surface area contributed by atoms with Crippen LogP contribution in [0.5, 0.6) is 0 Å². The summed E-state index contributed by atoms with van der Waals surface area (Å²) in [6.07, 6.45) is -0.973. The van der Waals surface area contributed by atoms with E-state index in [-0.39, 0.29) is 5.69 Å². The van der Waals surface area contributed by atoms with E-state index in [1.165, 1.54) is 25.3 Å². The lowest BCUT2D eigenvalue weighted by Gasteiger charge is -2.23. The van der Waals surface area contributed by atoms with Crippen LogP contribution in [0, 0.1) is 10.1 Å². The number of nitro benzene ring substituents is 1. The number of carbonyl (C=O) groups excluding carboxylic acids is 1. The van der Waals surface area contributed by atoms with Gasteiger partial charge < -0.3 is 9.47 Å². The number of carbonyl (C=O) groups is 1. The molecule has 0 radical (unpaired) electrons. The van der Waals surface area contributed by atoms with Gasteiger partial charge in [0.1, 0.15) is 5.60 Å². The van der Waals surface area contributed by atoms with E-state index in [0.29, 0.717) is 5.56 Å². The number of non-ortho nitro benzene ring substituents is 1. The molecule has 6 heteroatoms. The molecule has 1 aromatic rings. The van der Waals surface area contributed by atoms with Gasteiger partial charge >= 0.3 is 5.97 Å². The molecule has 0 saturated heterocycles. The Morgan fingerprint density at radius 3 is 2.47 bits per heavy atom. The number of nitro groups is 1. The Bertz CT molecular complexity index is 478. The highest BCUT2D eigenvalue weighted by Crippen LogP contribution is 2.24. The van der Waals surface area contributed by atoms with Crippen molar-refractivity contribution >= 4 is 11.7 Å². The van der Waals surface area contributed by atoms with Crippen molar-refractivity contribution in [3.05, 3.63) is 39.9 Å². The summed E-state index contributed by atoms with van der Waals surface area (Å²) in [5.41, 5.74) is -0.344. The maximum absolute atomic E-state index is 12.0. The minimum atomic E-state index is -0.973. The second-order valence-electron chi connectivity index (χ2n) is 5.00. The van der Waals surface area contributed by atoms with Crippen LogP contribution in [0.2, 0.25) is 0 Å². The number of nitrogens with zero attached hydrogens (tertiary/aromatic N) is 1. The first kappa shape index (κ1) is 15.1. The van der Waals surface area contributed by atoms with E-state index in [9.17, 15) is 14.9 Å². The van der Waals surface area contributed by atoms with Crippen LogP contribution < -0.4 is 0 Å². The zero-order valence-corrected chi connectivity index (χ0v) is 11.4. The Hall–Kier alpha value is -1.95. The molecule has 0 aliphatic carbocycles. The van der Waals surface area contributed by atoms with Gasteiger partial charge in [-0.1, -0.05) is 12.1 Å². The van der Waals surface area contributed by atoms with Crippen molar-refractivity contribution in [3.63, 3.8) is 0 Å². The van der Waals surface area contributed by atoms with Crippen molar-refractivity contribution in [1.29, 1.82) is 0 Å². The summed E-state index contributed by atoms with van der Waals surface area (Å²) in [7, 11) is 1.35. The fourth-order valence-corrected chi connectivity index (χ4v) is 1.53. The normalized spacial score (nSPS) is 12.8. The molecular weight excluding hydrogens is 250 g/mol. The molecule has 1 rings (SSSR count). The average molecular weight is 267 g/mol. The Labute approximate surface area is 111 Å². The predicted molar refractivity (Wildman–Crippen MR) is 68.7 cm³/mol. The molecule has 0 aromatic heterocycles. The van der Waals surface area contributed by atoms with Gasteiger partial charge in [0, 0.05) is 19.2 Å². The highest BCUT2D eigenvalue weighted by molar-refractivity contribution is 5.77. The van der Waals surface area contributed by atoms with Crippen molar-refractivity contribution in [1.82, 2.24) is 0 Å². The van der Waals surface area contributed by atoms with Crippen molar-refractivity contribution in [2.24, 2.45) is 0 Å². The largest absolute Gasteiger partial charge is 0.458 e. The van der Waals surface area contributed by atoms with Gasteiger partial charge in [-0.2, -0.15) is 0 Å². The van der Waals surface area contributed by atoms with Gasteiger partial charge in [0.15, 0.2) is 6.10 Å². The summed E-state index contributed by atoms with van der Waals surface area (Å²) in [6.45, 7) is 5.22. The van der Waals surface area contributed by atoms with Gasteiger partial charge in [0.2, 0.25) is 0 Å². The van der Waals surface area contributed by atoms with Gasteiger partial charge in [0.25, 0.3) is 5.69 Å². The van der Waals surface area contributed by atoms with E-state index in [1.54, 1.807) is 26.8 Å². The van der Waals surface area contributed by atoms with Gasteiger partial charge in [-0.05, 0) is 26.3 Å². The molecule has 1 unspecified atom stereocenters. The highest BCUT2D eigenvalue weighted by Gasteiger charge is 2.27. The number of hydrogen-bond acceptors (Lipinski definition) is 5. The summed E-state index contributed by atoms with van der Waals surface area (Å²) in [6, 6.07) is 5.75. The first-order valence-electron chi connectivity index (χ1n) is 5.74. The Morgan fingerprint density at radius 1 is 1.37 bits per heavy atom. The predicted octanol–water partition coefficient (Wildman–Crippen LogP) is 2.62. The number of benzene rings is 1. The molecule has 0 fully saturated rings. The molecule has 19 heavy (non-hydrogen) atoms. The van der Waals surface area contributed by atoms with Crippen molar-refractivity contribution in [2.75, 3.05) is 7.11 Å². The first-order chi connectivity index (χ1) is 8.74. The monoisotopic (exact) mass is 267 g/mol. The summed E-state index contributed by atoms with van der Waals surface area (Å²) in [4.78, 5) is 22.1. The first-order valence-corrected chi connectivity index (χ1v) is 5.74. The van der Waals surface area contributed by atoms with Crippen LogP contribution in [0.25, 0.3) is 0 Å². The number of hydrogen-bond donors (Lipinski definition) is 0. The number of ether oxygens (including phenoxy) is 2.